The summed E-state index contributed by atoms with van der Waals surface area (Å²) < 4.78 is 37.7. The number of esters is 1. The average molecular weight is 720 g/mol. The second kappa shape index (κ2) is 16.6. The number of methoxy groups -OCH3 is 1. The summed E-state index contributed by atoms with van der Waals surface area (Å²) >= 11 is 0. The minimum absolute atomic E-state index is 0.231. The number of nitrogens with two attached hydrogens (primary N) is 1. The smallest absolute Gasteiger partial charge is 0.311 e. The van der Waals surface area contributed by atoms with Crippen LogP contribution >= 0.6 is 0 Å². The fraction of sp³-hybridized carbons (Fsp3) is 0.972. The number of aliphatic hydroxyl groups excluding tert-OH is 2. The Morgan fingerprint density at radius 3 is 2.14 bits per heavy atom. The molecular weight excluding hydrogens is 650 g/mol. The maximum atomic E-state index is 14.1. The van der Waals surface area contributed by atoms with Crippen molar-refractivity contribution in [1.82, 2.24) is 9.80 Å². The van der Waals surface area contributed by atoms with E-state index in [9.17, 15) is 25.2 Å². The molecule has 0 aromatic rings. The summed E-state index contributed by atoms with van der Waals surface area (Å²) in [7, 11) is 7.09. The van der Waals surface area contributed by atoms with Crippen molar-refractivity contribution in [2.45, 2.75) is 185 Å². The monoisotopic (exact) mass is 719 g/mol. The van der Waals surface area contributed by atoms with E-state index in [2.05, 4.69) is 0 Å². The van der Waals surface area contributed by atoms with Gasteiger partial charge in [0, 0.05) is 37.6 Å². The number of ether oxygens (including phenoxy) is 6. The van der Waals surface area contributed by atoms with Crippen LogP contribution in [0.25, 0.3) is 0 Å². The molecule has 0 aromatic carbocycles. The number of aliphatic hydroxyl groups is 4. The van der Waals surface area contributed by atoms with Crippen LogP contribution in [0.15, 0.2) is 0 Å². The fourth-order valence-corrected chi connectivity index (χ4v) is 8.17. The Labute approximate surface area is 299 Å². The zero-order valence-corrected chi connectivity index (χ0v) is 32.9. The van der Waals surface area contributed by atoms with Crippen molar-refractivity contribution in [3.8, 4) is 0 Å². The first-order valence-electron chi connectivity index (χ1n) is 18.3. The lowest BCUT2D eigenvalue weighted by Gasteiger charge is -2.51. The van der Waals surface area contributed by atoms with Gasteiger partial charge in [-0.3, -0.25) is 9.69 Å². The number of nitrogens with zero attached hydrogens (tertiary/aromatic N) is 2. The minimum atomic E-state index is -1.84. The predicted molar refractivity (Wildman–Crippen MR) is 187 cm³/mol. The Morgan fingerprint density at radius 2 is 1.60 bits per heavy atom. The lowest BCUT2D eigenvalue weighted by Crippen LogP contribution is -2.66. The van der Waals surface area contributed by atoms with E-state index in [1.807, 2.05) is 46.7 Å². The maximum Gasteiger partial charge on any atom is 0.311 e. The third-order valence-electron chi connectivity index (χ3n) is 12.4. The van der Waals surface area contributed by atoms with Crippen LogP contribution in [0.3, 0.4) is 0 Å². The highest BCUT2D eigenvalue weighted by atomic mass is 16.7. The van der Waals surface area contributed by atoms with E-state index in [-0.39, 0.29) is 25.0 Å². The number of hydrogen-bond donors (Lipinski definition) is 5. The molecule has 18 atom stereocenters. The SMILES string of the molecule is CC[C@H]1OC(=O)[C@H](C)[C@@H](O[C@H]2C[C@@](C)(OC)[C@H](N)[C@H](C)O2)[C@H](C)[C@@H](O[C@@H]2O[C@H](C)C[C@H](N(C)C)[C@H]2O)C(C)(O)[C@@H](C)N(C)[C@H](C)[C@@H](O)[C@]1(C)O. The Hall–Kier alpha value is -1.01. The van der Waals surface area contributed by atoms with E-state index in [1.54, 1.807) is 53.7 Å². The van der Waals surface area contributed by atoms with Crippen LogP contribution in [0.5, 0.6) is 0 Å². The number of hydrogen-bond acceptors (Lipinski definition) is 14. The van der Waals surface area contributed by atoms with Crippen molar-refractivity contribution >= 4 is 5.97 Å². The van der Waals surface area contributed by atoms with Gasteiger partial charge in [-0.05, 0) is 89.4 Å². The van der Waals surface area contributed by atoms with Crippen LogP contribution in [0.1, 0.15) is 88.5 Å². The van der Waals surface area contributed by atoms with Gasteiger partial charge in [0.25, 0.3) is 0 Å². The van der Waals surface area contributed by atoms with Gasteiger partial charge in [0.1, 0.15) is 29.5 Å². The molecule has 3 heterocycles. The number of carbonyl (C=O) groups excluding carboxylic acids is 1. The summed E-state index contributed by atoms with van der Waals surface area (Å²) in [5.41, 5.74) is 2.12. The summed E-state index contributed by atoms with van der Waals surface area (Å²) in [6.07, 6.45) is -7.24. The molecule has 6 N–H and O–H groups in total. The van der Waals surface area contributed by atoms with E-state index in [4.69, 9.17) is 34.2 Å². The second-order valence-corrected chi connectivity index (χ2v) is 16.2. The summed E-state index contributed by atoms with van der Waals surface area (Å²) in [4.78, 5) is 17.8. The van der Waals surface area contributed by atoms with Crippen LogP contribution < -0.4 is 5.73 Å². The standard InChI is InChI=1S/C36H69N3O11/c1-15-25-36(10,44)30(41)21(5)39(13)23(7)35(9,43)31(50-33-27(40)24(38(11)12)16-18(2)46-33)19(3)28(20(4)32(42)48-25)49-26-17-34(8,45-14)29(37)22(6)47-26/h18-31,33,40-41,43-44H,15-17,37H2,1-14H3/t18-,19+,20-,21-,22+,23-,24+,25-,26+,27-,28+,29-,30-,31-,33+,34-,35?,36-/m1/s1. The third-order valence-corrected chi connectivity index (χ3v) is 12.4. The molecular formula is C36H69N3O11. The van der Waals surface area contributed by atoms with Gasteiger partial charge in [0.15, 0.2) is 12.6 Å². The molecule has 0 aromatic heterocycles. The average Bonchev–Trinajstić information content (AvgIpc) is 3.05. The molecule has 3 rings (SSSR count). The first-order chi connectivity index (χ1) is 23.0. The Kier molecular flexibility index (Phi) is 14.4. The van der Waals surface area contributed by atoms with Crippen molar-refractivity contribution in [3.63, 3.8) is 0 Å². The molecule has 0 aliphatic carbocycles. The van der Waals surface area contributed by atoms with Crippen molar-refractivity contribution in [2.24, 2.45) is 17.6 Å². The van der Waals surface area contributed by atoms with Gasteiger partial charge in [-0.25, -0.2) is 0 Å². The second-order valence-electron chi connectivity index (χ2n) is 16.2. The number of carbonyl (C=O) groups is 1. The van der Waals surface area contributed by atoms with Gasteiger partial charge in [-0.1, -0.05) is 13.8 Å². The van der Waals surface area contributed by atoms with Crippen LogP contribution in [0.2, 0.25) is 0 Å². The summed E-state index contributed by atoms with van der Waals surface area (Å²) in [5, 5.41) is 47.5. The number of cyclic esters (lactones) is 1. The largest absolute Gasteiger partial charge is 0.459 e. The van der Waals surface area contributed by atoms with Gasteiger partial charge < -0.3 is 59.5 Å². The number of rotatable bonds is 7. The molecule has 0 saturated carbocycles. The molecule has 3 saturated heterocycles. The Bertz CT molecular complexity index is 1110. The molecule has 14 heteroatoms. The molecule has 0 bridgehead atoms. The first kappa shape index (κ1) is 43.4. The Morgan fingerprint density at radius 1 is 1.00 bits per heavy atom. The van der Waals surface area contributed by atoms with E-state index >= 15 is 0 Å². The fourth-order valence-electron chi connectivity index (χ4n) is 8.17. The summed E-state index contributed by atoms with van der Waals surface area (Å²) in [6, 6.07) is -2.13. The molecule has 1 unspecified atom stereocenters. The summed E-state index contributed by atoms with van der Waals surface area (Å²) in [6.45, 7) is 17.5. The predicted octanol–water partition coefficient (Wildman–Crippen LogP) is 1.23. The van der Waals surface area contributed by atoms with Gasteiger partial charge in [0.2, 0.25) is 0 Å². The van der Waals surface area contributed by atoms with Crippen molar-refractivity contribution in [2.75, 3.05) is 28.3 Å². The molecule has 3 aliphatic heterocycles. The quantitative estimate of drug-likeness (QED) is 0.237. The third kappa shape index (κ3) is 8.68. The van der Waals surface area contributed by atoms with Gasteiger partial charge in [-0.15, -0.1) is 0 Å². The lowest BCUT2D eigenvalue weighted by molar-refractivity contribution is -0.313. The molecule has 0 radical (unpaired) electrons. The van der Waals surface area contributed by atoms with E-state index < -0.39 is 102 Å². The van der Waals surface area contributed by atoms with Crippen molar-refractivity contribution in [3.05, 3.63) is 0 Å². The van der Waals surface area contributed by atoms with E-state index in [1.165, 1.54) is 6.92 Å². The van der Waals surface area contributed by atoms with Gasteiger partial charge >= 0.3 is 5.97 Å². The molecule has 3 aliphatic rings. The van der Waals surface area contributed by atoms with Gasteiger partial charge in [-0.2, -0.15) is 0 Å². The molecule has 0 amide bonds. The van der Waals surface area contributed by atoms with Crippen LogP contribution in [0, 0.1) is 11.8 Å². The Balaban J connectivity index is 2.20. The molecule has 3 fully saturated rings. The zero-order chi connectivity index (χ0) is 38.3. The normalized spacial score (nSPS) is 50.6. The van der Waals surface area contributed by atoms with E-state index in [0.717, 1.165) is 0 Å². The maximum absolute atomic E-state index is 14.1. The molecule has 14 nitrogen and oxygen atoms in total. The lowest BCUT2D eigenvalue weighted by atomic mass is 9.77. The minimum Gasteiger partial charge on any atom is -0.459 e. The number of likely N-dealkylation sites (N-methyl/N-ethyl adjacent to an activating group) is 2. The van der Waals surface area contributed by atoms with Crippen LogP contribution in [-0.2, 0) is 33.2 Å². The highest BCUT2D eigenvalue weighted by Gasteiger charge is 2.55. The molecule has 0 spiro atoms. The topological polar surface area (TPSA) is 186 Å². The van der Waals surface area contributed by atoms with Crippen molar-refractivity contribution in [1.29, 1.82) is 0 Å². The first-order valence-corrected chi connectivity index (χ1v) is 18.3. The molecule has 294 valence electrons. The zero-order valence-electron chi connectivity index (χ0n) is 32.9. The van der Waals surface area contributed by atoms with Crippen LogP contribution in [-0.4, -0.2) is 161 Å². The van der Waals surface area contributed by atoms with Crippen molar-refractivity contribution < 1.29 is 53.6 Å². The summed E-state index contributed by atoms with van der Waals surface area (Å²) in [5.74, 6) is -2.40. The highest BCUT2D eigenvalue weighted by molar-refractivity contribution is 5.73. The van der Waals surface area contributed by atoms with Gasteiger partial charge in [0.05, 0.1) is 42.0 Å². The van der Waals surface area contributed by atoms with E-state index in [0.29, 0.717) is 6.42 Å². The highest BCUT2D eigenvalue weighted by Crippen LogP contribution is 2.40. The molecule has 50 heavy (non-hydrogen) atoms. The van der Waals surface area contributed by atoms with Crippen LogP contribution in [0.4, 0.5) is 0 Å².